The molecule has 2 saturated carbocycles. The molecule has 0 atom stereocenters. The summed E-state index contributed by atoms with van der Waals surface area (Å²) in [6.45, 7) is 1.38. The SMILES string of the molecule is O=c1cc(NCCOC2CCCCC2)nc(C2CC2)[nH]1. The molecule has 0 aromatic carbocycles. The van der Waals surface area contributed by atoms with E-state index in [9.17, 15) is 4.79 Å². The van der Waals surface area contributed by atoms with Crippen molar-refractivity contribution < 1.29 is 4.74 Å². The Morgan fingerprint density at radius 2 is 2.05 bits per heavy atom. The van der Waals surface area contributed by atoms with E-state index in [0.29, 0.717) is 31.0 Å². The van der Waals surface area contributed by atoms with Crippen LogP contribution in [0.1, 0.15) is 56.7 Å². The molecule has 0 bridgehead atoms. The molecule has 2 aliphatic carbocycles. The maximum atomic E-state index is 11.6. The van der Waals surface area contributed by atoms with Gasteiger partial charge in [0.2, 0.25) is 0 Å². The van der Waals surface area contributed by atoms with Crippen LogP contribution in [-0.4, -0.2) is 29.2 Å². The zero-order chi connectivity index (χ0) is 13.8. The molecule has 2 N–H and O–H groups in total. The van der Waals surface area contributed by atoms with E-state index < -0.39 is 0 Å². The first-order chi connectivity index (χ1) is 9.81. The second-order valence-corrected chi connectivity index (χ2v) is 5.85. The molecule has 1 heterocycles. The molecular formula is C15H23N3O2. The van der Waals surface area contributed by atoms with E-state index in [1.807, 2.05) is 0 Å². The Balaban J connectivity index is 1.44. The summed E-state index contributed by atoms with van der Waals surface area (Å²) in [4.78, 5) is 18.8. The predicted octanol–water partition coefficient (Wildman–Crippen LogP) is 2.41. The quantitative estimate of drug-likeness (QED) is 0.784. The molecular weight excluding hydrogens is 254 g/mol. The van der Waals surface area contributed by atoms with Crippen LogP contribution < -0.4 is 10.9 Å². The second-order valence-electron chi connectivity index (χ2n) is 5.85. The Kier molecular flexibility index (Phi) is 4.35. The average molecular weight is 277 g/mol. The fraction of sp³-hybridized carbons (Fsp3) is 0.733. The summed E-state index contributed by atoms with van der Waals surface area (Å²) < 4.78 is 5.85. The highest BCUT2D eigenvalue weighted by Crippen LogP contribution is 2.37. The number of anilines is 1. The van der Waals surface area contributed by atoms with Crippen LogP contribution >= 0.6 is 0 Å². The van der Waals surface area contributed by atoms with Crippen molar-refractivity contribution in [3.05, 3.63) is 22.2 Å². The lowest BCUT2D eigenvalue weighted by atomic mass is 9.98. The van der Waals surface area contributed by atoms with Crippen molar-refractivity contribution >= 4 is 5.82 Å². The Labute approximate surface area is 119 Å². The summed E-state index contributed by atoms with van der Waals surface area (Å²) in [7, 11) is 0. The van der Waals surface area contributed by atoms with Gasteiger partial charge >= 0.3 is 0 Å². The lowest BCUT2D eigenvalue weighted by molar-refractivity contribution is 0.0347. The fourth-order valence-electron chi connectivity index (χ4n) is 2.75. The van der Waals surface area contributed by atoms with Crippen molar-refractivity contribution in [2.45, 2.75) is 57.0 Å². The Bertz CT molecular complexity index is 490. The van der Waals surface area contributed by atoms with Gasteiger partial charge in [0, 0.05) is 18.5 Å². The second kappa shape index (κ2) is 6.39. The van der Waals surface area contributed by atoms with Gasteiger partial charge in [0.05, 0.1) is 12.7 Å². The van der Waals surface area contributed by atoms with Crippen LogP contribution in [-0.2, 0) is 4.74 Å². The van der Waals surface area contributed by atoms with Gasteiger partial charge in [-0.05, 0) is 25.7 Å². The smallest absolute Gasteiger partial charge is 0.252 e. The molecule has 0 radical (unpaired) electrons. The van der Waals surface area contributed by atoms with Crippen LogP contribution in [0.3, 0.4) is 0 Å². The van der Waals surface area contributed by atoms with E-state index in [0.717, 1.165) is 18.7 Å². The lowest BCUT2D eigenvalue weighted by Crippen LogP contribution is -2.21. The Morgan fingerprint density at radius 3 is 2.80 bits per heavy atom. The topological polar surface area (TPSA) is 67.0 Å². The summed E-state index contributed by atoms with van der Waals surface area (Å²) in [5.74, 6) is 1.96. The number of rotatable bonds is 6. The molecule has 2 aliphatic rings. The van der Waals surface area contributed by atoms with E-state index >= 15 is 0 Å². The van der Waals surface area contributed by atoms with Gasteiger partial charge in [0.25, 0.3) is 5.56 Å². The Hall–Kier alpha value is -1.36. The lowest BCUT2D eigenvalue weighted by Gasteiger charge is -2.22. The summed E-state index contributed by atoms with van der Waals surface area (Å²) >= 11 is 0. The minimum atomic E-state index is -0.0717. The van der Waals surface area contributed by atoms with E-state index in [1.165, 1.54) is 38.2 Å². The first-order valence-corrected chi connectivity index (χ1v) is 7.78. The normalized spacial score (nSPS) is 20.0. The van der Waals surface area contributed by atoms with E-state index in [-0.39, 0.29) is 5.56 Å². The Morgan fingerprint density at radius 1 is 1.25 bits per heavy atom. The largest absolute Gasteiger partial charge is 0.376 e. The number of H-pyrrole nitrogens is 1. The highest BCUT2D eigenvalue weighted by Gasteiger charge is 2.26. The van der Waals surface area contributed by atoms with Crippen LogP contribution in [0.5, 0.6) is 0 Å². The molecule has 1 aromatic heterocycles. The first kappa shape index (κ1) is 13.6. The molecule has 0 amide bonds. The molecule has 0 saturated heterocycles. The highest BCUT2D eigenvalue weighted by molar-refractivity contribution is 5.33. The number of nitrogens with zero attached hydrogens (tertiary/aromatic N) is 1. The zero-order valence-electron chi connectivity index (χ0n) is 11.9. The molecule has 0 unspecified atom stereocenters. The number of hydrogen-bond donors (Lipinski definition) is 2. The monoisotopic (exact) mass is 277 g/mol. The molecule has 3 rings (SSSR count). The molecule has 2 fully saturated rings. The highest BCUT2D eigenvalue weighted by atomic mass is 16.5. The number of aromatic amines is 1. The number of aromatic nitrogens is 2. The number of nitrogens with one attached hydrogen (secondary N) is 2. The fourth-order valence-corrected chi connectivity index (χ4v) is 2.75. The van der Waals surface area contributed by atoms with Crippen LogP contribution in [0.2, 0.25) is 0 Å². The van der Waals surface area contributed by atoms with Crippen molar-refractivity contribution in [2.75, 3.05) is 18.5 Å². The summed E-state index contributed by atoms with van der Waals surface area (Å²) in [6.07, 6.45) is 9.01. The molecule has 20 heavy (non-hydrogen) atoms. The van der Waals surface area contributed by atoms with E-state index in [4.69, 9.17) is 4.74 Å². The van der Waals surface area contributed by atoms with Crippen molar-refractivity contribution in [3.63, 3.8) is 0 Å². The number of ether oxygens (including phenoxy) is 1. The third-order valence-electron chi connectivity index (χ3n) is 4.04. The molecule has 5 nitrogen and oxygen atoms in total. The van der Waals surface area contributed by atoms with Gasteiger partial charge in [-0.3, -0.25) is 4.79 Å². The van der Waals surface area contributed by atoms with Gasteiger partial charge in [-0.15, -0.1) is 0 Å². The molecule has 5 heteroatoms. The van der Waals surface area contributed by atoms with Crippen LogP contribution in [0.25, 0.3) is 0 Å². The maximum absolute atomic E-state index is 11.6. The summed E-state index contributed by atoms with van der Waals surface area (Å²) in [6, 6.07) is 1.52. The van der Waals surface area contributed by atoms with Crippen LogP contribution in [0, 0.1) is 0 Å². The molecule has 0 spiro atoms. The molecule has 1 aromatic rings. The van der Waals surface area contributed by atoms with Crippen molar-refractivity contribution in [1.29, 1.82) is 0 Å². The minimum Gasteiger partial charge on any atom is -0.376 e. The predicted molar refractivity (Wildman–Crippen MR) is 78.1 cm³/mol. The van der Waals surface area contributed by atoms with E-state index in [2.05, 4.69) is 15.3 Å². The molecule has 0 aliphatic heterocycles. The average Bonchev–Trinajstić information content (AvgIpc) is 3.29. The molecule has 110 valence electrons. The number of hydrogen-bond acceptors (Lipinski definition) is 4. The third kappa shape index (κ3) is 3.82. The van der Waals surface area contributed by atoms with Gasteiger partial charge in [-0.1, -0.05) is 19.3 Å². The third-order valence-corrected chi connectivity index (χ3v) is 4.04. The van der Waals surface area contributed by atoms with Crippen LogP contribution in [0.4, 0.5) is 5.82 Å². The van der Waals surface area contributed by atoms with Gasteiger partial charge in [-0.25, -0.2) is 4.98 Å². The van der Waals surface area contributed by atoms with E-state index in [1.54, 1.807) is 0 Å². The maximum Gasteiger partial charge on any atom is 0.252 e. The first-order valence-electron chi connectivity index (χ1n) is 7.78. The van der Waals surface area contributed by atoms with Gasteiger partial charge < -0.3 is 15.0 Å². The zero-order valence-corrected chi connectivity index (χ0v) is 11.9. The minimum absolute atomic E-state index is 0.0717. The van der Waals surface area contributed by atoms with Crippen molar-refractivity contribution in [1.82, 2.24) is 9.97 Å². The summed E-state index contributed by atoms with van der Waals surface area (Å²) in [5.41, 5.74) is -0.0717. The van der Waals surface area contributed by atoms with Gasteiger partial charge in [-0.2, -0.15) is 0 Å². The van der Waals surface area contributed by atoms with Gasteiger partial charge in [0.15, 0.2) is 0 Å². The summed E-state index contributed by atoms with van der Waals surface area (Å²) in [5, 5.41) is 3.19. The van der Waals surface area contributed by atoms with Crippen molar-refractivity contribution in [3.8, 4) is 0 Å². The van der Waals surface area contributed by atoms with Crippen molar-refractivity contribution in [2.24, 2.45) is 0 Å². The van der Waals surface area contributed by atoms with Crippen LogP contribution in [0.15, 0.2) is 10.9 Å². The standard InChI is InChI=1S/C15H23N3O2/c19-14-10-13(17-15(18-14)11-6-7-11)16-8-9-20-12-4-2-1-3-5-12/h10-12H,1-9H2,(H2,16,17,18,19). The van der Waals surface area contributed by atoms with Gasteiger partial charge in [0.1, 0.15) is 11.6 Å².